The number of fused-ring (bicyclic) bond motifs is 3. The normalized spacial score (nSPS) is 32.4. The summed E-state index contributed by atoms with van der Waals surface area (Å²) in [6.45, 7) is 3.69. The summed E-state index contributed by atoms with van der Waals surface area (Å²) in [4.78, 5) is 6.73. The Morgan fingerprint density at radius 2 is 2.29 bits per heavy atom. The lowest BCUT2D eigenvalue weighted by Crippen LogP contribution is -2.40. The molecule has 3 heterocycles. The highest BCUT2D eigenvalue weighted by molar-refractivity contribution is 5.12. The van der Waals surface area contributed by atoms with Crippen LogP contribution in [-0.4, -0.2) is 34.6 Å². The van der Waals surface area contributed by atoms with E-state index in [1.165, 1.54) is 38.2 Å². The summed E-state index contributed by atoms with van der Waals surface area (Å²) in [5.41, 5.74) is 1.48. The minimum absolute atomic E-state index is 0.780. The van der Waals surface area contributed by atoms with E-state index in [2.05, 4.69) is 27.7 Å². The highest BCUT2D eigenvalue weighted by atomic mass is 15.1. The number of rotatable bonds is 0. The molecular weight excluding hydrogens is 174 g/mol. The van der Waals surface area contributed by atoms with Gasteiger partial charge in [0.25, 0.3) is 0 Å². The van der Waals surface area contributed by atoms with Crippen molar-refractivity contribution in [1.29, 1.82) is 0 Å². The van der Waals surface area contributed by atoms with E-state index in [9.17, 15) is 0 Å². The molecule has 0 spiro atoms. The molecule has 0 aromatic carbocycles. The summed E-state index contributed by atoms with van der Waals surface area (Å²) in [7, 11) is 2.24. The second-order valence-electron chi connectivity index (χ2n) is 4.72. The minimum atomic E-state index is 0.780. The molecule has 1 fully saturated rings. The monoisotopic (exact) mass is 191 g/mol. The highest BCUT2D eigenvalue weighted by Crippen LogP contribution is 2.37. The fourth-order valence-corrected chi connectivity index (χ4v) is 3.03. The summed E-state index contributed by atoms with van der Waals surface area (Å²) in [5, 5.41) is 0. The van der Waals surface area contributed by atoms with Gasteiger partial charge in [-0.1, -0.05) is 0 Å². The Hall–Kier alpha value is -0.830. The maximum absolute atomic E-state index is 4.26. The van der Waals surface area contributed by atoms with Crippen molar-refractivity contribution in [2.24, 2.45) is 5.92 Å². The highest BCUT2D eigenvalue weighted by Gasteiger charge is 2.33. The van der Waals surface area contributed by atoms with Gasteiger partial charge >= 0.3 is 0 Å². The Labute approximate surface area is 84.7 Å². The van der Waals surface area contributed by atoms with E-state index >= 15 is 0 Å². The molecule has 0 saturated carbocycles. The lowest BCUT2D eigenvalue weighted by Gasteiger charge is -2.40. The first kappa shape index (κ1) is 8.48. The van der Waals surface area contributed by atoms with Crippen LogP contribution in [0.25, 0.3) is 0 Å². The summed E-state index contributed by atoms with van der Waals surface area (Å²) >= 11 is 0. The van der Waals surface area contributed by atoms with Gasteiger partial charge in [-0.25, -0.2) is 4.98 Å². The van der Waals surface area contributed by atoms with E-state index < -0.39 is 0 Å². The first-order valence-electron chi connectivity index (χ1n) is 5.53. The van der Waals surface area contributed by atoms with Crippen molar-refractivity contribution < 1.29 is 0 Å². The van der Waals surface area contributed by atoms with Gasteiger partial charge in [0.15, 0.2) is 0 Å². The number of imidazole rings is 1. The molecule has 3 heteroatoms. The molecule has 2 unspecified atom stereocenters. The van der Waals surface area contributed by atoms with Crippen molar-refractivity contribution in [3.63, 3.8) is 0 Å². The van der Waals surface area contributed by atoms with Crippen LogP contribution >= 0.6 is 0 Å². The molecule has 1 aromatic heterocycles. The van der Waals surface area contributed by atoms with Gasteiger partial charge in [-0.05, 0) is 32.4 Å². The van der Waals surface area contributed by atoms with Crippen LogP contribution in [0.4, 0.5) is 0 Å². The zero-order valence-electron chi connectivity index (χ0n) is 8.69. The van der Waals surface area contributed by atoms with Crippen LogP contribution in [0.3, 0.4) is 0 Å². The topological polar surface area (TPSA) is 21.1 Å². The van der Waals surface area contributed by atoms with Gasteiger partial charge in [-0.2, -0.15) is 0 Å². The van der Waals surface area contributed by atoms with Gasteiger partial charge < -0.3 is 9.47 Å². The molecule has 3 nitrogen and oxygen atoms in total. The third-order valence-electron chi connectivity index (χ3n) is 3.80. The number of aromatic nitrogens is 2. The molecule has 1 aromatic rings. The third-order valence-corrected chi connectivity index (χ3v) is 3.80. The zero-order chi connectivity index (χ0) is 9.54. The molecule has 0 aliphatic carbocycles. The first-order chi connectivity index (χ1) is 6.84. The molecule has 0 radical (unpaired) electrons. The number of hydrogen-bond donors (Lipinski definition) is 0. The number of hydrogen-bond acceptors (Lipinski definition) is 2. The largest absolute Gasteiger partial charge is 0.334 e. The summed E-state index contributed by atoms with van der Waals surface area (Å²) in [5.74, 6) is 1.65. The van der Waals surface area contributed by atoms with Gasteiger partial charge in [0.2, 0.25) is 0 Å². The summed E-state index contributed by atoms with van der Waals surface area (Å²) in [6.07, 6.45) is 6.71. The third kappa shape index (κ3) is 1.19. The van der Waals surface area contributed by atoms with E-state index in [-0.39, 0.29) is 0 Å². The Bertz CT molecular complexity index is 331. The fraction of sp³-hybridized carbons (Fsp3) is 0.727. The smallest absolute Gasteiger partial charge is 0.0948 e. The summed E-state index contributed by atoms with van der Waals surface area (Å²) in [6, 6.07) is 0. The minimum Gasteiger partial charge on any atom is -0.334 e. The molecule has 2 aliphatic rings. The molecular formula is C11H17N3. The predicted molar refractivity (Wildman–Crippen MR) is 55.2 cm³/mol. The van der Waals surface area contributed by atoms with Crippen LogP contribution in [-0.2, 0) is 6.54 Å². The fourth-order valence-electron chi connectivity index (χ4n) is 3.03. The van der Waals surface area contributed by atoms with Crippen molar-refractivity contribution in [2.45, 2.75) is 25.3 Å². The molecule has 14 heavy (non-hydrogen) atoms. The van der Waals surface area contributed by atoms with E-state index in [1.54, 1.807) is 0 Å². The van der Waals surface area contributed by atoms with E-state index in [1.807, 2.05) is 6.33 Å². The number of piperidine rings is 1. The number of aryl methyl sites for hydroxylation is 1. The standard InChI is InChI=1S/C11H17N3/c1-13-4-3-10-9(7-13)2-5-14-8-12-6-11(10)14/h6,8-10H,2-5,7H2,1H3. The Balaban J connectivity index is 1.91. The summed E-state index contributed by atoms with van der Waals surface area (Å²) < 4.78 is 2.34. The van der Waals surface area contributed by atoms with E-state index in [0.717, 1.165) is 11.8 Å². The second-order valence-corrected chi connectivity index (χ2v) is 4.72. The maximum Gasteiger partial charge on any atom is 0.0948 e. The second kappa shape index (κ2) is 3.09. The quantitative estimate of drug-likeness (QED) is 0.616. The van der Waals surface area contributed by atoms with Crippen molar-refractivity contribution in [3.8, 4) is 0 Å². The molecule has 0 bridgehead atoms. The van der Waals surface area contributed by atoms with Gasteiger partial charge in [0.1, 0.15) is 0 Å². The van der Waals surface area contributed by atoms with Gasteiger partial charge in [0.05, 0.1) is 6.33 Å². The molecule has 2 atom stereocenters. The Kier molecular flexibility index (Phi) is 1.87. The van der Waals surface area contributed by atoms with Crippen molar-refractivity contribution >= 4 is 0 Å². The lowest BCUT2D eigenvalue weighted by molar-refractivity contribution is 0.153. The van der Waals surface area contributed by atoms with Crippen LogP contribution in [0.1, 0.15) is 24.5 Å². The number of likely N-dealkylation sites (tertiary alicyclic amines) is 1. The molecule has 2 aliphatic heterocycles. The maximum atomic E-state index is 4.26. The van der Waals surface area contributed by atoms with E-state index in [4.69, 9.17) is 0 Å². The van der Waals surface area contributed by atoms with Gasteiger partial charge in [-0.3, -0.25) is 0 Å². The molecule has 3 rings (SSSR count). The molecule has 0 amide bonds. The van der Waals surface area contributed by atoms with Crippen LogP contribution in [0, 0.1) is 5.92 Å². The molecule has 1 saturated heterocycles. The van der Waals surface area contributed by atoms with Gasteiger partial charge in [-0.15, -0.1) is 0 Å². The first-order valence-corrected chi connectivity index (χ1v) is 5.53. The Morgan fingerprint density at radius 1 is 1.36 bits per heavy atom. The molecule has 0 N–H and O–H groups in total. The van der Waals surface area contributed by atoms with Crippen LogP contribution in [0.2, 0.25) is 0 Å². The number of nitrogens with zero attached hydrogens (tertiary/aromatic N) is 3. The average molecular weight is 191 g/mol. The van der Waals surface area contributed by atoms with Crippen LogP contribution < -0.4 is 0 Å². The Morgan fingerprint density at radius 3 is 3.21 bits per heavy atom. The van der Waals surface area contributed by atoms with Crippen molar-refractivity contribution in [1.82, 2.24) is 14.5 Å². The van der Waals surface area contributed by atoms with E-state index in [0.29, 0.717) is 0 Å². The van der Waals surface area contributed by atoms with Crippen LogP contribution in [0.15, 0.2) is 12.5 Å². The van der Waals surface area contributed by atoms with Crippen molar-refractivity contribution in [3.05, 3.63) is 18.2 Å². The van der Waals surface area contributed by atoms with Crippen LogP contribution in [0.5, 0.6) is 0 Å². The molecule has 76 valence electrons. The lowest BCUT2D eigenvalue weighted by atomic mass is 9.79. The predicted octanol–water partition coefficient (Wildman–Crippen LogP) is 1.32. The van der Waals surface area contributed by atoms with Gasteiger partial charge in [0, 0.05) is 30.9 Å². The van der Waals surface area contributed by atoms with Crippen molar-refractivity contribution in [2.75, 3.05) is 20.1 Å². The SMILES string of the molecule is CN1CCC2c3cncn3CCC2C1. The average Bonchev–Trinajstić information content (AvgIpc) is 2.65. The zero-order valence-corrected chi connectivity index (χ0v) is 8.69.